The molecule has 4 rings (SSSR count). The predicted octanol–water partition coefficient (Wildman–Crippen LogP) is 7.20. The Kier molecular flexibility index (Phi) is 10.6. The lowest BCUT2D eigenvalue weighted by Gasteiger charge is -2.26. The molecule has 0 fully saturated rings. The molecule has 0 aliphatic rings. The molecule has 0 saturated heterocycles. The molecule has 4 aromatic carbocycles. The molecule has 1 atom stereocenters. The van der Waals surface area contributed by atoms with Gasteiger partial charge in [0.2, 0.25) is 0 Å². The van der Waals surface area contributed by atoms with Crippen LogP contribution in [-0.2, 0) is 22.6 Å². The minimum absolute atomic E-state index is 0.286. The number of anilines is 1. The van der Waals surface area contributed by atoms with E-state index >= 15 is 0 Å². The molecule has 0 heterocycles. The number of nitrogens with one attached hydrogen (secondary N) is 1. The lowest BCUT2D eigenvalue weighted by atomic mass is 9.93. The highest BCUT2D eigenvalue weighted by molar-refractivity contribution is 7.98. The van der Waals surface area contributed by atoms with E-state index in [1.807, 2.05) is 55.6 Å². The van der Waals surface area contributed by atoms with Crippen molar-refractivity contribution < 1.29 is 14.3 Å². The summed E-state index contributed by atoms with van der Waals surface area (Å²) in [5, 5.41) is 2.94. The van der Waals surface area contributed by atoms with Crippen LogP contribution in [0, 0.1) is 13.8 Å². The van der Waals surface area contributed by atoms with Gasteiger partial charge in [0.25, 0.3) is 5.91 Å². The molecule has 5 nitrogen and oxygen atoms in total. The highest BCUT2D eigenvalue weighted by atomic mass is 32.2. The summed E-state index contributed by atoms with van der Waals surface area (Å²) in [5.74, 6) is 0.0157. The Morgan fingerprint density at radius 2 is 1.51 bits per heavy atom. The summed E-state index contributed by atoms with van der Waals surface area (Å²) in [6.45, 7) is 5.56. The maximum Gasteiger partial charge on any atom is 0.328 e. The van der Waals surface area contributed by atoms with Gasteiger partial charge in [0.15, 0.2) is 0 Å². The van der Waals surface area contributed by atoms with Crippen LogP contribution in [0.3, 0.4) is 0 Å². The van der Waals surface area contributed by atoms with Crippen LogP contribution in [0.4, 0.5) is 5.69 Å². The average molecular weight is 567 g/mol. The minimum atomic E-state index is -0.702. The Balaban J connectivity index is 1.71. The number of esters is 1. The number of hydrogen-bond donors (Lipinski definition) is 1. The van der Waals surface area contributed by atoms with Gasteiger partial charge in [-0.3, -0.25) is 4.79 Å². The van der Waals surface area contributed by atoms with E-state index in [0.717, 1.165) is 40.2 Å². The number of hydrogen-bond acceptors (Lipinski definition) is 5. The van der Waals surface area contributed by atoms with Crippen LogP contribution in [0.1, 0.15) is 39.0 Å². The van der Waals surface area contributed by atoms with E-state index in [0.29, 0.717) is 18.5 Å². The Labute approximate surface area is 247 Å². The summed E-state index contributed by atoms with van der Waals surface area (Å²) in [6, 6.07) is 32.4. The Hall–Kier alpha value is -4.03. The van der Waals surface area contributed by atoms with Crippen LogP contribution in [-0.4, -0.2) is 37.0 Å². The van der Waals surface area contributed by atoms with Crippen molar-refractivity contribution in [3.8, 4) is 11.1 Å². The van der Waals surface area contributed by atoms with Crippen LogP contribution in [0.25, 0.3) is 11.1 Å². The molecule has 0 saturated carbocycles. The fourth-order valence-electron chi connectivity index (χ4n) is 4.87. The summed E-state index contributed by atoms with van der Waals surface area (Å²) >= 11 is 1.63. The van der Waals surface area contributed by atoms with Gasteiger partial charge in [-0.1, -0.05) is 78.4 Å². The fraction of sp³-hybridized carbons (Fsp3) is 0.257. The zero-order valence-corrected chi connectivity index (χ0v) is 25.0. The summed E-state index contributed by atoms with van der Waals surface area (Å²) in [5.41, 5.74) is 8.10. The molecule has 0 radical (unpaired) electrons. The van der Waals surface area contributed by atoms with Crippen molar-refractivity contribution in [1.29, 1.82) is 0 Å². The lowest BCUT2D eigenvalue weighted by Crippen LogP contribution is -2.42. The average Bonchev–Trinajstić information content (AvgIpc) is 2.99. The first-order valence-corrected chi connectivity index (χ1v) is 15.2. The number of carbonyl (C=O) groups is 2. The minimum Gasteiger partial charge on any atom is -0.467 e. The third-order valence-corrected chi connectivity index (χ3v) is 7.80. The van der Waals surface area contributed by atoms with E-state index in [9.17, 15) is 9.59 Å². The molecule has 1 amide bonds. The molecular weight excluding hydrogens is 528 g/mol. The highest BCUT2D eigenvalue weighted by Crippen LogP contribution is 2.30. The molecule has 212 valence electrons. The number of methoxy groups -OCH3 is 1. The largest absolute Gasteiger partial charge is 0.467 e. The van der Waals surface area contributed by atoms with Gasteiger partial charge >= 0.3 is 5.97 Å². The van der Waals surface area contributed by atoms with E-state index in [4.69, 9.17) is 4.74 Å². The zero-order valence-electron chi connectivity index (χ0n) is 24.2. The summed E-state index contributed by atoms with van der Waals surface area (Å²) in [7, 11) is 1.35. The van der Waals surface area contributed by atoms with Gasteiger partial charge in [-0.15, -0.1) is 0 Å². The summed E-state index contributed by atoms with van der Waals surface area (Å²) < 4.78 is 4.97. The van der Waals surface area contributed by atoms with Crippen LogP contribution in [0.2, 0.25) is 0 Å². The summed E-state index contributed by atoms with van der Waals surface area (Å²) in [6.07, 6.45) is 2.48. The Morgan fingerprint density at radius 1 is 0.829 bits per heavy atom. The third-order valence-electron chi connectivity index (χ3n) is 7.15. The van der Waals surface area contributed by atoms with Crippen LogP contribution in [0.5, 0.6) is 0 Å². The molecule has 41 heavy (non-hydrogen) atoms. The van der Waals surface area contributed by atoms with Gasteiger partial charge in [0, 0.05) is 24.3 Å². The van der Waals surface area contributed by atoms with Crippen molar-refractivity contribution >= 4 is 29.3 Å². The molecule has 0 aromatic heterocycles. The first kappa shape index (κ1) is 29.9. The Bertz CT molecular complexity index is 1450. The van der Waals surface area contributed by atoms with Crippen molar-refractivity contribution in [2.24, 2.45) is 0 Å². The van der Waals surface area contributed by atoms with Crippen molar-refractivity contribution in [3.05, 3.63) is 125 Å². The number of thioether (sulfide) groups is 1. The van der Waals surface area contributed by atoms with Crippen molar-refractivity contribution in [3.63, 3.8) is 0 Å². The zero-order chi connectivity index (χ0) is 29.2. The smallest absolute Gasteiger partial charge is 0.328 e. The third kappa shape index (κ3) is 8.01. The second-order valence-electron chi connectivity index (χ2n) is 10.2. The van der Waals surface area contributed by atoms with E-state index in [1.165, 1.54) is 18.2 Å². The normalized spacial score (nSPS) is 11.5. The van der Waals surface area contributed by atoms with Gasteiger partial charge in [-0.05, 0) is 84.4 Å². The van der Waals surface area contributed by atoms with E-state index < -0.39 is 12.0 Å². The van der Waals surface area contributed by atoms with Gasteiger partial charge in [0.05, 0.1) is 7.11 Å². The maximum absolute atomic E-state index is 13.6. The Morgan fingerprint density at radius 3 is 2.20 bits per heavy atom. The number of carbonyl (C=O) groups excluding carboxylic acids is 2. The van der Waals surface area contributed by atoms with Crippen molar-refractivity contribution in [2.45, 2.75) is 39.4 Å². The summed E-state index contributed by atoms with van der Waals surface area (Å²) in [4.78, 5) is 28.4. The molecule has 0 spiro atoms. The topological polar surface area (TPSA) is 58.6 Å². The SMILES string of the molecule is COC(=O)C(CCSC)NC(=O)c1ccc(CN(Cc2ccccc2)c2ccc(C)cc2)cc1-c1ccccc1C. The van der Waals surface area contributed by atoms with Crippen molar-refractivity contribution in [1.82, 2.24) is 5.32 Å². The molecule has 1 N–H and O–H groups in total. The van der Waals surface area contributed by atoms with Crippen LogP contribution < -0.4 is 10.2 Å². The van der Waals surface area contributed by atoms with E-state index in [-0.39, 0.29) is 5.91 Å². The number of rotatable bonds is 12. The second-order valence-corrected chi connectivity index (χ2v) is 11.2. The number of ether oxygens (including phenoxy) is 1. The van der Waals surface area contributed by atoms with Crippen LogP contribution >= 0.6 is 11.8 Å². The highest BCUT2D eigenvalue weighted by Gasteiger charge is 2.24. The molecule has 0 aliphatic heterocycles. The second kappa shape index (κ2) is 14.6. The van der Waals surface area contributed by atoms with Gasteiger partial charge in [-0.2, -0.15) is 11.8 Å². The van der Waals surface area contributed by atoms with Crippen molar-refractivity contribution in [2.75, 3.05) is 24.0 Å². The first-order chi connectivity index (χ1) is 19.9. The van der Waals surface area contributed by atoms with E-state index in [1.54, 1.807) is 11.8 Å². The standard InChI is InChI=1S/C35H38N2O3S/c1-25-14-17-29(18-15-25)37(23-27-11-6-5-7-12-27)24-28-16-19-31(32(22-28)30-13-9-8-10-26(30)2)34(38)36-33(20-21-41-4)35(39)40-3/h5-19,22,33H,20-21,23-24H2,1-4H3,(H,36,38). The molecule has 1 unspecified atom stereocenters. The lowest BCUT2D eigenvalue weighted by molar-refractivity contribution is -0.142. The first-order valence-electron chi connectivity index (χ1n) is 13.8. The van der Waals surface area contributed by atoms with Gasteiger partial charge in [0.1, 0.15) is 6.04 Å². The molecular formula is C35H38N2O3S. The van der Waals surface area contributed by atoms with Crippen LogP contribution in [0.15, 0.2) is 97.1 Å². The van der Waals surface area contributed by atoms with E-state index in [2.05, 4.69) is 71.7 Å². The van der Waals surface area contributed by atoms with Gasteiger partial charge in [-0.25, -0.2) is 4.79 Å². The number of amides is 1. The van der Waals surface area contributed by atoms with Gasteiger partial charge < -0.3 is 15.0 Å². The number of aryl methyl sites for hydroxylation is 2. The molecule has 0 bridgehead atoms. The number of benzene rings is 4. The fourth-order valence-corrected chi connectivity index (χ4v) is 5.34. The molecule has 0 aliphatic carbocycles. The maximum atomic E-state index is 13.6. The molecule has 6 heteroatoms. The molecule has 4 aromatic rings. The predicted molar refractivity (Wildman–Crippen MR) is 170 cm³/mol. The monoisotopic (exact) mass is 566 g/mol. The number of nitrogens with zero attached hydrogens (tertiary/aromatic N) is 1. The quantitative estimate of drug-likeness (QED) is 0.184.